The zero-order valence-electron chi connectivity index (χ0n) is 21.5. The van der Waals surface area contributed by atoms with Gasteiger partial charge in [0, 0.05) is 41.4 Å². The van der Waals surface area contributed by atoms with Crippen LogP contribution in [0.3, 0.4) is 0 Å². The molecule has 204 valence electrons. The number of nitrogens with zero attached hydrogens (tertiary/aromatic N) is 4. The molecule has 5 aromatic rings. The third kappa shape index (κ3) is 5.54. The van der Waals surface area contributed by atoms with Crippen LogP contribution in [-0.2, 0) is 0 Å². The molecule has 0 radical (unpaired) electrons. The molecule has 0 aliphatic heterocycles. The number of hydrogen-bond donors (Lipinski definition) is 2. The van der Waals surface area contributed by atoms with Crippen LogP contribution in [0, 0.1) is 6.92 Å². The average molecular weight is 547 g/mol. The van der Waals surface area contributed by atoms with Crippen molar-refractivity contribution in [2.45, 2.75) is 38.4 Å². The zero-order chi connectivity index (χ0) is 27.9. The average Bonchev–Trinajstić information content (AvgIpc) is 3.62. The van der Waals surface area contributed by atoms with E-state index in [4.69, 9.17) is 4.74 Å². The highest BCUT2D eigenvalue weighted by atomic mass is 19.4. The molecule has 0 spiro atoms. The van der Waals surface area contributed by atoms with Crippen LogP contribution < -0.4 is 15.4 Å². The van der Waals surface area contributed by atoms with Gasteiger partial charge in [-0.3, -0.25) is 9.78 Å². The molecule has 3 heterocycles. The molecule has 3 aromatic heterocycles. The summed E-state index contributed by atoms with van der Waals surface area (Å²) in [4.78, 5) is 21.3. The molecular weight excluding hydrogens is 521 g/mol. The van der Waals surface area contributed by atoms with E-state index in [0.717, 1.165) is 34.9 Å². The molecule has 0 atom stereocenters. The summed E-state index contributed by atoms with van der Waals surface area (Å²) in [5.74, 6) is 0.555. The van der Waals surface area contributed by atoms with Crippen molar-refractivity contribution < 1.29 is 22.7 Å². The van der Waals surface area contributed by atoms with Crippen LogP contribution in [0.4, 0.5) is 18.9 Å². The number of benzene rings is 2. The van der Waals surface area contributed by atoms with Gasteiger partial charge in [0.1, 0.15) is 5.75 Å². The summed E-state index contributed by atoms with van der Waals surface area (Å²) in [6.07, 6.45) is -0.0215. The highest BCUT2D eigenvalue weighted by Gasteiger charge is 2.27. The minimum atomic E-state index is -4.31. The topological polar surface area (TPSA) is 93.4 Å². The number of alkyl halides is 3. The third-order valence-electron chi connectivity index (χ3n) is 6.65. The molecule has 2 aromatic carbocycles. The van der Waals surface area contributed by atoms with Crippen LogP contribution in [0.25, 0.3) is 27.8 Å². The van der Waals surface area contributed by atoms with E-state index in [9.17, 15) is 18.0 Å². The fourth-order valence-corrected chi connectivity index (χ4v) is 4.47. The first-order valence-corrected chi connectivity index (χ1v) is 12.9. The molecule has 1 fully saturated rings. The first-order valence-electron chi connectivity index (χ1n) is 12.9. The number of carbonyl (C=O) groups is 1. The van der Waals surface area contributed by atoms with Gasteiger partial charge in [-0.25, -0.2) is 9.50 Å². The zero-order valence-corrected chi connectivity index (χ0v) is 21.5. The van der Waals surface area contributed by atoms with Crippen molar-refractivity contribution in [2.24, 2.45) is 0 Å². The number of pyridine rings is 1. The maximum absolute atomic E-state index is 12.9. The van der Waals surface area contributed by atoms with Crippen LogP contribution in [0.5, 0.6) is 11.6 Å². The molecular formula is C29H25F3N6O2. The van der Waals surface area contributed by atoms with Crippen molar-refractivity contribution in [3.8, 4) is 22.9 Å². The minimum absolute atomic E-state index is 0.111. The van der Waals surface area contributed by atoms with Crippen molar-refractivity contribution in [3.63, 3.8) is 0 Å². The summed E-state index contributed by atoms with van der Waals surface area (Å²) in [5, 5.41) is 11.3. The smallest absolute Gasteiger partial charge is 0.390 e. The molecule has 11 heteroatoms. The van der Waals surface area contributed by atoms with Gasteiger partial charge in [0.05, 0.1) is 29.5 Å². The SMILES string of the molecule is Cc1cc(-c2cnc3c(NCCC(F)(F)F)cc(Oc4ccc5ncccc5c4)nn23)ccc1C(=O)NC1CC1. The Morgan fingerprint density at radius 1 is 1.10 bits per heavy atom. The number of carbonyl (C=O) groups excluding carboxylic acids is 1. The second-order valence-corrected chi connectivity index (χ2v) is 9.80. The predicted molar refractivity (Wildman–Crippen MR) is 145 cm³/mol. The molecule has 6 rings (SSSR count). The quantitative estimate of drug-likeness (QED) is 0.237. The highest BCUT2D eigenvalue weighted by molar-refractivity contribution is 5.96. The van der Waals surface area contributed by atoms with E-state index < -0.39 is 12.6 Å². The van der Waals surface area contributed by atoms with E-state index in [1.807, 2.05) is 37.3 Å². The number of ether oxygens (including phenoxy) is 1. The largest absolute Gasteiger partial charge is 0.437 e. The van der Waals surface area contributed by atoms with Gasteiger partial charge < -0.3 is 15.4 Å². The lowest BCUT2D eigenvalue weighted by Crippen LogP contribution is -2.26. The summed E-state index contributed by atoms with van der Waals surface area (Å²) in [6.45, 7) is 1.52. The summed E-state index contributed by atoms with van der Waals surface area (Å²) >= 11 is 0. The van der Waals surface area contributed by atoms with Gasteiger partial charge in [0.15, 0.2) is 5.65 Å². The van der Waals surface area contributed by atoms with Gasteiger partial charge in [-0.2, -0.15) is 13.2 Å². The van der Waals surface area contributed by atoms with Crippen LogP contribution in [0.2, 0.25) is 0 Å². The lowest BCUT2D eigenvalue weighted by atomic mass is 10.0. The van der Waals surface area contributed by atoms with Gasteiger partial charge >= 0.3 is 6.18 Å². The number of hydrogen-bond acceptors (Lipinski definition) is 6. The van der Waals surface area contributed by atoms with Gasteiger partial charge in [0.2, 0.25) is 5.88 Å². The molecule has 40 heavy (non-hydrogen) atoms. The van der Waals surface area contributed by atoms with E-state index in [1.54, 1.807) is 30.6 Å². The maximum Gasteiger partial charge on any atom is 0.390 e. The van der Waals surface area contributed by atoms with Crippen LogP contribution in [0.15, 0.2) is 67.0 Å². The predicted octanol–water partition coefficient (Wildman–Crippen LogP) is 6.30. The van der Waals surface area contributed by atoms with Gasteiger partial charge in [-0.1, -0.05) is 12.1 Å². The van der Waals surface area contributed by atoms with Crippen molar-refractivity contribution in [1.82, 2.24) is 24.9 Å². The van der Waals surface area contributed by atoms with Crippen LogP contribution in [0.1, 0.15) is 35.2 Å². The number of fused-ring (bicyclic) bond motifs is 2. The van der Waals surface area contributed by atoms with Crippen LogP contribution >= 0.6 is 0 Å². The Labute approximate surface area is 227 Å². The Morgan fingerprint density at radius 2 is 1.95 bits per heavy atom. The number of amides is 1. The first kappa shape index (κ1) is 25.6. The van der Waals surface area contributed by atoms with Gasteiger partial charge in [0.25, 0.3) is 5.91 Å². The van der Waals surface area contributed by atoms with Gasteiger partial charge in [-0.15, -0.1) is 5.10 Å². The van der Waals surface area contributed by atoms with E-state index in [0.29, 0.717) is 28.3 Å². The fraction of sp³-hybridized carbons (Fsp3) is 0.241. The summed E-state index contributed by atoms with van der Waals surface area (Å²) in [5.41, 5.74) is 4.21. The molecule has 8 nitrogen and oxygen atoms in total. The molecule has 1 aliphatic carbocycles. The summed E-state index contributed by atoms with van der Waals surface area (Å²) in [7, 11) is 0. The Bertz CT molecular complexity index is 1730. The Balaban J connectivity index is 1.37. The lowest BCUT2D eigenvalue weighted by molar-refractivity contribution is -0.131. The van der Waals surface area contributed by atoms with E-state index in [1.165, 1.54) is 10.6 Å². The maximum atomic E-state index is 12.9. The van der Waals surface area contributed by atoms with E-state index >= 15 is 0 Å². The number of anilines is 1. The summed E-state index contributed by atoms with van der Waals surface area (Å²) < 4.78 is 46.2. The van der Waals surface area contributed by atoms with Crippen molar-refractivity contribution in [3.05, 3.63) is 78.1 Å². The Kier molecular flexibility index (Phi) is 6.49. The van der Waals surface area contributed by atoms with Crippen molar-refractivity contribution >= 4 is 28.1 Å². The monoisotopic (exact) mass is 546 g/mol. The standard InChI is InChI=1S/C29H25F3N6O2/c1-17-13-19(4-8-22(17)28(39)36-20-5-6-20)25-16-35-27-24(34-12-10-29(30,31)32)15-26(37-38(25)27)40-21-7-9-23-18(14-21)3-2-11-33-23/h2-4,7-9,11,13-16,20,34H,5-6,10,12H2,1H3,(H,36,39). The normalized spacial score (nSPS) is 13.5. The fourth-order valence-electron chi connectivity index (χ4n) is 4.47. The Morgan fingerprint density at radius 3 is 2.73 bits per heavy atom. The van der Waals surface area contributed by atoms with Crippen molar-refractivity contribution in [2.75, 3.05) is 11.9 Å². The molecule has 1 amide bonds. The molecule has 1 aliphatic rings. The number of aryl methyl sites for hydroxylation is 1. The van der Waals surface area contributed by atoms with Crippen LogP contribution in [-0.4, -0.2) is 44.3 Å². The van der Waals surface area contributed by atoms with Crippen molar-refractivity contribution in [1.29, 1.82) is 0 Å². The number of nitrogens with one attached hydrogen (secondary N) is 2. The van der Waals surface area contributed by atoms with E-state index in [2.05, 4.69) is 25.7 Å². The third-order valence-corrected chi connectivity index (χ3v) is 6.65. The molecule has 0 saturated heterocycles. The second-order valence-electron chi connectivity index (χ2n) is 9.80. The highest BCUT2D eigenvalue weighted by Crippen LogP contribution is 2.31. The second kappa shape index (κ2) is 10.1. The Hall–Kier alpha value is -4.67. The molecule has 0 bridgehead atoms. The van der Waals surface area contributed by atoms with Gasteiger partial charge in [-0.05, 0) is 61.7 Å². The minimum Gasteiger partial charge on any atom is -0.437 e. The number of rotatable bonds is 8. The first-order chi connectivity index (χ1) is 19.2. The lowest BCUT2D eigenvalue weighted by Gasteiger charge is -2.13. The number of imidazole rings is 1. The molecule has 0 unspecified atom stereocenters. The molecule has 1 saturated carbocycles. The van der Waals surface area contributed by atoms with E-state index in [-0.39, 0.29) is 24.4 Å². The molecule has 2 N–H and O–H groups in total. The number of halogens is 3. The summed E-state index contributed by atoms with van der Waals surface area (Å²) in [6, 6.07) is 16.3. The number of aromatic nitrogens is 4.